The molecule has 5 heteroatoms. The van der Waals surface area contributed by atoms with Gasteiger partial charge in [0.25, 0.3) is 0 Å². The topological polar surface area (TPSA) is 44.8 Å². The third-order valence-electron chi connectivity index (χ3n) is 5.49. The largest absolute Gasteiger partial charge is 0.341 e. The van der Waals surface area contributed by atoms with E-state index in [9.17, 15) is 0 Å². The number of nitrogens with one attached hydrogen (secondary N) is 1. The van der Waals surface area contributed by atoms with Crippen LogP contribution in [-0.2, 0) is 6.54 Å². The number of imidazole rings is 1. The Kier molecular flexibility index (Phi) is 4.71. The summed E-state index contributed by atoms with van der Waals surface area (Å²) in [6, 6.07) is 19.5. The maximum Gasteiger partial charge on any atom is 0.124 e. The molecule has 0 spiro atoms. The monoisotopic (exact) mass is 432 g/mol. The summed E-state index contributed by atoms with van der Waals surface area (Å²) < 4.78 is 1.12. The molecule has 3 heterocycles. The van der Waals surface area contributed by atoms with Gasteiger partial charge in [0.15, 0.2) is 0 Å². The van der Waals surface area contributed by atoms with Gasteiger partial charge < -0.3 is 4.98 Å². The Morgan fingerprint density at radius 1 is 1.00 bits per heavy atom. The van der Waals surface area contributed by atoms with E-state index in [4.69, 9.17) is 4.98 Å². The highest BCUT2D eigenvalue weighted by Crippen LogP contribution is 2.33. The molecule has 2 aromatic heterocycles. The molecule has 1 aliphatic rings. The number of nitrogens with zero attached hydrogens (tertiary/aromatic N) is 3. The van der Waals surface area contributed by atoms with Crippen LogP contribution in [0.1, 0.15) is 30.3 Å². The van der Waals surface area contributed by atoms with Gasteiger partial charge in [-0.2, -0.15) is 0 Å². The Morgan fingerprint density at radius 3 is 2.64 bits per heavy atom. The van der Waals surface area contributed by atoms with Gasteiger partial charge in [-0.05, 0) is 72.5 Å². The average molecular weight is 433 g/mol. The molecule has 0 saturated carbocycles. The highest BCUT2D eigenvalue weighted by Gasteiger charge is 2.28. The number of H-pyrrole nitrogens is 1. The number of aromatic nitrogens is 3. The number of benzene rings is 2. The quantitative estimate of drug-likeness (QED) is 0.448. The number of fused-ring (bicyclic) bond motifs is 1. The summed E-state index contributed by atoms with van der Waals surface area (Å²) in [5.74, 6) is 1.08. The van der Waals surface area contributed by atoms with E-state index in [1.54, 1.807) is 0 Å². The first-order valence-corrected chi connectivity index (χ1v) is 10.4. The summed E-state index contributed by atoms with van der Waals surface area (Å²) in [5.41, 5.74) is 5.82. The number of hydrogen-bond donors (Lipinski definition) is 1. The zero-order valence-corrected chi connectivity index (χ0v) is 17.1. The molecule has 1 aliphatic heterocycles. The van der Waals surface area contributed by atoms with Gasteiger partial charge in [0.05, 0.1) is 17.1 Å². The normalized spacial score (nSPS) is 17.4. The van der Waals surface area contributed by atoms with Crippen LogP contribution < -0.4 is 0 Å². The number of hydrogen-bond acceptors (Lipinski definition) is 3. The summed E-state index contributed by atoms with van der Waals surface area (Å²) in [6.45, 7) is 2.07. The van der Waals surface area contributed by atoms with Crippen LogP contribution in [0.15, 0.2) is 71.5 Å². The fraction of sp³-hybridized carbons (Fsp3) is 0.217. The molecule has 5 rings (SSSR count). The molecule has 0 radical (unpaired) electrons. The fourth-order valence-corrected chi connectivity index (χ4v) is 4.32. The second kappa shape index (κ2) is 7.49. The van der Waals surface area contributed by atoms with E-state index in [0.717, 1.165) is 40.8 Å². The Labute approximate surface area is 172 Å². The van der Waals surface area contributed by atoms with Crippen molar-refractivity contribution in [3.8, 4) is 11.1 Å². The number of rotatable bonds is 4. The molecule has 28 heavy (non-hydrogen) atoms. The van der Waals surface area contributed by atoms with Crippen LogP contribution in [0.2, 0.25) is 0 Å². The van der Waals surface area contributed by atoms with Crippen molar-refractivity contribution >= 4 is 27.0 Å². The van der Waals surface area contributed by atoms with Crippen molar-refractivity contribution in [1.29, 1.82) is 0 Å². The van der Waals surface area contributed by atoms with E-state index in [1.165, 1.54) is 23.1 Å². The summed E-state index contributed by atoms with van der Waals surface area (Å²) >= 11 is 3.52. The standard InChI is InChI=1S/C23H21BrN4/c24-19-6-3-16(4-7-19)15-28-13-1-2-22(28)23-26-20-8-5-18(14-21(20)27-23)17-9-11-25-12-10-17/h3-12,14,22H,1-2,13,15H2,(H,26,27)/t22-/m0/s1. The van der Waals surface area contributed by atoms with Crippen LogP contribution in [0.3, 0.4) is 0 Å². The van der Waals surface area contributed by atoms with E-state index in [1.807, 2.05) is 24.5 Å². The Hall–Kier alpha value is -2.50. The van der Waals surface area contributed by atoms with Crippen LogP contribution >= 0.6 is 15.9 Å². The summed E-state index contributed by atoms with van der Waals surface area (Å²) in [5, 5.41) is 0. The van der Waals surface area contributed by atoms with E-state index in [0.29, 0.717) is 6.04 Å². The van der Waals surface area contributed by atoms with Crippen LogP contribution in [0.25, 0.3) is 22.2 Å². The van der Waals surface area contributed by atoms with Crippen LogP contribution in [0, 0.1) is 0 Å². The Balaban J connectivity index is 1.42. The minimum absolute atomic E-state index is 0.348. The van der Waals surface area contributed by atoms with Gasteiger partial charge in [-0.1, -0.05) is 34.1 Å². The summed E-state index contributed by atoms with van der Waals surface area (Å²) in [6.07, 6.45) is 6.01. The van der Waals surface area contributed by atoms with Crippen LogP contribution in [0.5, 0.6) is 0 Å². The SMILES string of the molecule is Brc1ccc(CN2CCC[C@H]2c2nc3ccc(-c4ccncc4)cc3[nH]2)cc1. The van der Waals surface area contributed by atoms with Gasteiger partial charge in [0, 0.05) is 23.4 Å². The first kappa shape index (κ1) is 17.6. The molecule has 140 valence electrons. The first-order valence-electron chi connectivity index (χ1n) is 9.65. The van der Waals surface area contributed by atoms with Crippen molar-refractivity contribution in [2.45, 2.75) is 25.4 Å². The zero-order valence-electron chi connectivity index (χ0n) is 15.5. The van der Waals surface area contributed by atoms with E-state index in [2.05, 4.69) is 73.3 Å². The molecule has 4 nitrogen and oxygen atoms in total. The lowest BCUT2D eigenvalue weighted by molar-refractivity contribution is 0.241. The van der Waals surface area contributed by atoms with Gasteiger partial charge in [-0.25, -0.2) is 4.98 Å². The Bertz CT molecular complexity index is 1090. The van der Waals surface area contributed by atoms with Gasteiger partial charge >= 0.3 is 0 Å². The highest BCUT2D eigenvalue weighted by atomic mass is 79.9. The number of pyridine rings is 1. The smallest absolute Gasteiger partial charge is 0.124 e. The highest BCUT2D eigenvalue weighted by molar-refractivity contribution is 9.10. The molecule has 1 saturated heterocycles. The van der Waals surface area contributed by atoms with Crippen molar-refractivity contribution in [1.82, 2.24) is 19.9 Å². The van der Waals surface area contributed by atoms with Gasteiger partial charge in [-0.3, -0.25) is 9.88 Å². The predicted octanol–water partition coefficient (Wildman–Crippen LogP) is 5.72. The second-order valence-corrected chi connectivity index (χ2v) is 8.26. The molecule has 0 aliphatic carbocycles. The zero-order chi connectivity index (χ0) is 18.9. The van der Waals surface area contributed by atoms with Crippen molar-refractivity contribution < 1.29 is 0 Å². The molecule has 0 bridgehead atoms. The lowest BCUT2D eigenvalue weighted by Gasteiger charge is -2.22. The number of halogens is 1. The third-order valence-corrected chi connectivity index (χ3v) is 6.02. The van der Waals surface area contributed by atoms with Crippen molar-refractivity contribution in [2.24, 2.45) is 0 Å². The van der Waals surface area contributed by atoms with Gasteiger partial charge in [0.1, 0.15) is 5.82 Å². The lowest BCUT2D eigenvalue weighted by Crippen LogP contribution is -2.23. The fourth-order valence-electron chi connectivity index (χ4n) is 4.06. The van der Waals surface area contributed by atoms with Crippen molar-refractivity contribution in [3.63, 3.8) is 0 Å². The molecule has 1 atom stereocenters. The minimum Gasteiger partial charge on any atom is -0.341 e. The van der Waals surface area contributed by atoms with Crippen molar-refractivity contribution in [3.05, 3.63) is 82.9 Å². The van der Waals surface area contributed by atoms with Gasteiger partial charge in [-0.15, -0.1) is 0 Å². The van der Waals surface area contributed by atoms with Crippen LogP contribution in [-0.4, -0.2) is 26.4 Å². The minimum atomic E-state index is 0.348. The predicted molar refractivity (Wildman–Crippen MR) is 116 cm³/mol. The van der Waals surface area contributed by atoms with E-state index >= 15 is 0 Å². The molecule has 1 fully saturated rings. The van der Waals surface area contributed by atoms with E-state index < -0.39 is 0 Å². The average Bonchev–Trinajstić information content (AvgIpc) is 3.36. The molecule has 0 unspecified atom stereocenters. The molecule has 1 N–H and O–H groups in total. The summed E-state index contributed by atoms with van der Waals surface area (Å²) in [4.78, 5) is 15.2. The molecule has 2 aromatic carbocycles. The van der Waals surface area contributed by atoms with Crippen LogP contribution in [0.4, 0.5) is 0 Å². The van der Waals surface area contributed by atoms with Crippen molar-refractivity contribution in [2.75, 3.05) is 6.54 Å². The molecular formula is C23H21BrN4. The van der Waals surface area contributed by atoms with E-state index in [-0.39, 0.29) is 0 Å². The number of likely N-dealkylation sites (tertiary alicyclic amines) is 1. The molecular weight excluding hydrogens is 412 g/mol. The van der Waals surface area contributed by atoms with Gasteiger partial charge in [0.2, 0.25) is 0 Å². The summed E-state index contributed by atoms with van der Waals surface area (Å²) in [7, 11) is 0. The first-order chi connectivity index (χ1) is 13.8. The number of aromatic amines is 1. The molecule has 4 aromatic rings. The lowest BCUT2D eigenvalue weighted by atomic mass is 10.1. The molecule has 0 amide bonds. The maximum absolute atomic E-state index is 4.92. The second-order valence-electron chi connectivity index (χ2n) is 7.34. The maximum atomic E-state index is 4.92. The Morgan fingerprint density at radius 2 is 1.82 bits per heavy atom. The third kappa shape index (κ3) is 3.48.